The summed E-state index contributed by atoms with van der Waals surface area (Å²) in [6.45, 7) is 4.19. The number of fused-ring (bicyclic) bond motifs is 1. The standard InChI is InChI=1S/C24H22N2O4S/c1-15-19(13-21-22(27)26(24(29)31-21)16(2)23(28)30-3)18-11-7-8-12-20(18)25(15)14-17-9-5-4-6-10-17/h4-13,16H,14H2,1-3H3/b21-13+/t16-/m1/s1. The molecule has 1 aliphatic rings. The monoisotopic (exact) mass is 434 g/mol. The van der Waals surface area contributed by atoms with Crippen LogP contribution in [0.25, 0.3) is 17.0 Å². The summed E-state index contributed by atoms with van der Waals surface area (Å²) in [6.07, 6.45) is 1.76. The molecular formula is C24H22N2O4S. The Morgan fingerprint density at radius 2 is 1.77 bits per heavy atom. The lowest BCUT2D eigenvalue weighted by molar-refractivity contribution is -0.148. The molecule has 0 saturated carbocycles. The molecule has 3 aromatic rings. The van der Waals surface area contributed by atoms with Gasteiger partial charge in [-0.2, -0.15) is 0 Å². The summed E-state index contributed by atoms with van der Waals surface area (Å²) < 4.78 is 6.90. The fourth-order valence-electron chi connectivity index (χ4n) is 3.83. The van der Waals surface area contributed by atoms with Gasteiger partial charge in [0.1, 0.15) is 6.04 Å². The molecule has 1 aromatic heterocycles. The second kappa shape index (κ2) is 8.43. The highest BCUT2D eigenvalue weighted by molar-refractivity contribution is 8.18. The van der Waals surface area contributed by atoms with Crippen LogP contribution in [-0.2, 0) is 20.9 Å². The number of esters is 1. The van der Waals surface area contributed by atoms with Crippen LogP contribution in [0.5, 0.6) is 0 Å². The van der Waals surface area contributed by atoms with Crippen LogP contribution in [0.4, 0.5) is 4.79 Å². The summed E-state index contributed by atoms with van der Waals surface area (Å²) >= 11 is 0.845. The van der Waals surface area contributed by atoms with Gasteiger partial charge in [0.25, 0.3) is 11.1 Å². The van der Waals surface area contributed by atoms with E-state index in [4.69, 9.17) is 4.74 Å². The quantitative estimate of drug-likeness (QED) is 0.434. The zero-order valence-electron chi connectivity index (χ0n) is 17.5. The van der Waals surface area contributed by atoms with E-state index in [1.54, 1.807) is 6.08 Å². The summed E-state index contributed by atoms with van der Waals surface area (Å²) in [7, 11) is 1.23. The van der Waals surface area contributed by atoms with Crippen LogP contribution in [0.2, 0.25) is 0 Å². The molecule has 6 nitrogen and oxygen atoms in total. The molecule has 0 bridgehead atoms. The smallest absolute Gasteiger partial charge is 0.328 e. The van der Waals surface area contributed by atoms with Gasteiger partial charge < -0.3 is 9.30 Å². The van der Waals surface area contributed by atoms with E-state index in [1.165, 1.54) is 19.6 Å². The average Bonchev–Trinajstić information content (AvgIpc) is 3.21. The molecule has 0 unspecified atom stereocenters. The van der Waals surface area contributed by atoms with Crippen molar-refractivity contribution in [2.24, 2.45) is 0 Å². The van der Waals surface area contributed by atoms with Gasteiger partial charge in [0.2, 0.25) is 0 Å². The predicted octanol–water partition coefficient (Wildman–Crippen LogP) is 4.60. The number of amides is 2. The van der Waals surface area contributed by atoms with Gasteiger partial charge in [-0.3, -0.25) is 14.5 Å². The van der Waals surface area contributed by atoms with Gasteiger partial charge in [0, 0.05) is 28.7 Å². The number of aromatic nitrogens is 1. The first-order valence-corrected chi connectivity index (χ1v) is 10.7. The number of nitrogens with zero attached hydrogens (tertiary/aromatic N) is 2. The van der Waals surface area contributed by atoms with E-state index in [-0.39, 0.29) is 0 Å². The van der Waals surface area contributed by atoms with Crippen molar-refractivity contribution in [3.63, 3.8) is 0 Å². The topological polar surface area (TPSA) is 68.6 Å². The number of thioether (sulfide) groups is 1. The minimum absolute atomic E-state index is 0.298. The van der Waals surface area contributed by atoms with Crippen LogP contribution in [0.15, 0.2) is 59.5 Å². The lowest BCUT2D eigenvalue weighted by Crippen LogP contribution is -2.42. The molecule has 2 heterocycles. The van der Waals surface area contributed by atoms with Gasteiger partial charge in [-0.15, -0.1) is 0 Å². The van der Waals surface area contributed by atoms with Crippen molar-refractivity contribution in [3.8, 4) is 0 Å². The third-order valence-corrected chi connectivity index (χ3v) is 6.38. The lowest BCUT2D eigenvalue weighted by atomic mass is 10.1. The average molecular weight is 435 g/mol. The Labute approximate surface area is 184 Å². The van der Waals surface area contributed by atoms with Crippen molar-refractivity contribution in [2.75, 3.05) is 7.11 Å². The molecule has 7 heteroatoms. The molecule has 1 aliphatic heterocycles. The highest BCUT2D eigenvalue weighted by Crippen LogP contribution is 2.36. The van der Waals surface area contributed by atoms with Crippen LogP contribution in [0, 0.1) is 6.92 Å². The zero-order chi connectivity index (χ0) is 22.1. The number of ether oxygens (including phenoxy) is 1. The van der Waals surface area contributed by atoms with E-state index in [9.17, 15) is 14.4 Å². The molecule has 1 saturated heterocycles. The Balaban J connectivity index is 1.76. The Hall–Kier alpha value is -3.32. The van der Waals surface area contributed by atoms with Crippen molar-refractivity contribution >= 4 is 45.9 Å². The molecule has 158 valence electrons. The van der Waals surface area contributed by atoms with Gasteiger partial charge in [0.15, 0.2) is 0 Å². The fourth-order valence-corrected chi connectivity index (χ4v) is 4.72. The molecule has 0 radical (unpaired) electrons. The number of hydrogen-bond acceptors (Lipinski definition) is 5. The first kappa shape index (κ1) is 20.9. The number of rotatable bonds is 5. The number of carbonyl (C=O) groups excluding carboxylic acids is 3. The molecule has 4 rings (SSSR count). The number of carbonyl (C=O) groups is 3. The minimum atomic E-state index is -0.969. The summed E-state index contributed by atoms with van der Waals surface area (Å²) in [5.74, 6) is -1.11. The predicted molar refractivity (Wildman–Crippen MR) is 122 cm³/mol. The number of methoxy groups -OCH3 is 1. The van der Waals surface area contributed by atoms with E-state index < -0.39 is 23.2 Å². The van der Waals surface area contributed by atoms with Gasteiger partial charge >= 0.3 is 5.97 Å². The molecule has 1 fully saturated rings. The van der Waals surface area contributed by atoms with Crippen LogP contribution < -0.4 is 0 Å². The van der Waals surface area contributed by atoms with Gasteiger partial charge in [0.05, 0.1) is 12.0 Å². The second-order valence-corrected chi connectivity index (χ2v) is 8.33. The molecule has 2 aromatic carbocycles. The third kappa shape index (κ3) is 3.77. The summed E-state index contributed by atoms with van der Waals surface area (Å²) in [4.78, 5) is 38.5. The molecule has 2 amide bonds. The zero-order valence-corrected chi connectivity index (χ0v) is 18.3. The molecule has 1 atom stereocenters. The van der Waals surface area contributed by atoms with Gasteiger partial charge in [-0.1, -0.05) is 48.5 Å². The number of imide groups is 1. The molecule has 0 N–H and O–H groups in total. The second-order valence-electron chi connectivity index (χ2n) is 7.34. The Morgan fingerprint density at radius 3 is 2.48 bits per heavy atom. The SMILES string of the molecule is COC(=O)[C@@H](C)N1C(=O)S/C(=C/c2c(C)n(Cc3ccccc3)c3ccccc23)C1=O. The Kier molecular flexibility index (Phi) is 5.69. The van der Waals surface area contributed by atoms with Crippen molar-refractivity contribution in [1.29, 1.82) is 0 Å². The fraction of sp³-hybridized carbons (Fsp3) is 0.208. The first-order chi connectivity index (χ1) is 14.9. The van der Waals surface area contributed by atoms with E-state index in [1.807, 2.05) is 49.4 Å². The summed E-state index contributed by atoms with van der Waals surface area (Å²) in [5.41, 5.74) is 4.11. The van der Waals surface area contributed by atoms with Crippen LogP contribution in [0.1, 0.15) is 23.7 Å². The van der Waals surface area contributed by atoms with E-state index in [2.05, 4.69) is 16.7 Å². The third-order valence-electron chi connectivity index (χ3n) is 5.49. The van der Waals surface area contributed by atoms with E-state index in [0.29, 0.717) is 11.4 Å². The maximum Gasteiger partial charge on any atom is 0.328 e. The van der Waals surface area contributed by atoms with Crippen molar-refractivity contribution in [2.45, 2.75) is 26.4 Å². The number of para-hydroxylation sites is 1. The lowest BCUT2D eigenvalue weighted by Gasteiger charge is -2.18. The van der Waals surface area contributed by atoms with Gasteiger partial charge in [-0.25, -0.2) is 4.79 Å². The van der Waals surface area contributed by atoms with Crippen LogP contribution in [-0.4, -0.2) is 39.7 Å². The number of hydrogen-bond donors (Lipinski definition) is 0. The molecule has 31 heavy (non-hydrogen) atoms. The minimum Gasteiger partial charge on any atom is -0.467 e. The Morgan fingerprint density at radius 1 is 1.10 bits per heavy atom. The van der Waals surface area contributed by atoms with E-state index in [0.717, 1.165) is 38.8 Å². The molecular weight excluding hydrogens is 412 g/mol. The summed E-state index contributed by atoms with van der Waals surface area (Å²) in [5, 5.41) is 0.531. The highest BCUT2D eigenvalue weighted by Gasteiger charge is 2.41. The van der Waals surface area contributed by atoms with Crippen molar-refractivity contribution in [3.05, 3.63) is 76.3 Å². The summed E-state index contributed by atoms with van der Waals surface area (Å²) in [6, 6.07) is 17.2. The van der Waals surface area contributed by atoms with Crippen molar-refractivity contribution in [1.82, 2.24) is 9.47 Å². The van der Waals surface area contributed by atoms with Gasteiger partial charge in [-0.05, 0) is 43.3 Å². The van der Waals surface area contributed by atoms with Crippen molar-refractivity contribution < 1.29 is 19.1 Å². The molecule has 0 spiro atoms. The maximum atomic E-state index is 12.9. The largest absolute Gasteiger partial charge is 0.467 e. The van der Waals surface area contributed by atoms with Crippen LogP contribution in [0.3, 0.4) is 0 Å². The van der Waals surface area contributed by atoms with Crippen LogP contribution >= 0.6 is 11.8 Å². The maximum absolute atomic E-state index is 12.9. The normalized spacial score (nSPS) is 16.4. The molecule has 0 aliphatic carbocycles. The number of benzene rings is 2. The Bertz CT molecular complexity index is 1210. The highest BCUT2D eigenvalue weighted by atomic mass is 32.2. The van der Waals surface area contributed by atoms with E-state index >= 15 is 0 Å². The first-order valence-electron chi connectivity index (χ1n) is 9.89.